The second kappa shape index (κ2) is 9.73. The second-order valence-corrected chi connectivity index (χ2v) is 5.43. The first-order valence-corrected chi connectivity index (χ1v) is 7.89. The molecular formula is C15H22O3S. The van der Waals surface area contributed by atoms with Crippen LogP contribution in [0, 0.1) is 0 Å². The summed E-state index contributed by atoms with van der Waals surface area (Å²) < 4.78 is 5.65. The lowest BCUT2D eigenvalue weighted by atomic mass is 10.2. The van der Waals surface area contributed by atoms with E-state index in [0.29, 0.717) is 0 Å². The van der Waals surface area contributed by atoms with Gasteiger partial charge >= 0.3 is 5.97 Å². The minimum atomic E-state index is -0.767. The maximum Gasteiger partial charge on any atom is 0.313 e. The molecule has 0 unspecified atom stereocenters. The third-order valence-corrected chi connectivity index (χ3v) is 3.67. The molecule has 1 rings (SSSR count). The molecule has 1 aromatic carbocycles. The van der Waals surface area contributed by atoms with Crippen LogP contribution in [0.4, 0.5) is 0 Å². The monoisotopic (exact) mass is 282 g/mol. The van der Waals surface area contributed by atoms with E-state index >= 15 is 0 Å². The van der Waals surface area contributed by atoms with Crippen LogP contribution in [-0.4, -0.2) is 23.4 Å². The molecule has 0 saturated carbocycles. The SMILES string of the molecule is CCCCCCOc1ccc(CSCC(=O)O)cc1. The minimum Gasteiger partial charge on any atom is -0.494 e. The molecule has 0 aliphatic rings. The van der Waals surface area contributed by atoms with E-state index in [-0.39, 0.29) is 5.75 Å². The molecule has 0 saturated heterocycles. The van der Waals surface area contributed by atoms with Crippen LogP contribution in [-0.2, 0) is 10.5 Å². The third-order valence-electron chi connectivity index (χ3n) is 2.68. The van der Waals surface area contributed by atoms with Crippen LogP contribution >= 0.6 is 11.8 Å². The van der Waals surface area contributed by atoms with Gasteiger partial charge in [-0.3, -0.25) is 4.79 Å². The van der Waals surface area contributed by atoms with Gasteiger partial charge in [0.15, 0.2) is 0 Å². The Morgan fingerprint density at radius 3 is 2.58 bits per heavy atom. The average Bonchev–Trinajstić information content (AvgIpc) is 2.40. The van der Waals surface area contributed by atoms with Crippen molar-refractivity contribution in [3.05, 3.63) is 29.8 Å². The van der Waals surface area contributed by atoms with Gasteiger partial charge in [-0.15, -0.1) is 11.8 Å². The Kier molecular flexibility index (Phi) is 8.14. The summed E-state index contributed by atoms with van der Waals surface area (Å²) in [5.74, 6) is 0.999. The van der Waals surface area contributed by atoms with Crippen LogP contribution in [0.5, 0.6) is 5.75 Å². The van der Waals surface area contributed by atoms with Gasteiger partial charge in [0.2, 0.25) is 0 Å². The van der Waals surface area contributed by atoms with Crippen molar-refractivity contribution in [3.63, 3.8) is 0 Å². The number of hydrogen-bond donors (Lipinski definition) is 1. The number of hydrogen-bond acceptors (Lipinski definition) is 3. The topological polar surface area (TPSA) is 46.5 Å². The molecule has 0 spiro atoms. The zero-order valence-electron chi connectivity index (χ0n) is 11.4. The molecule has 0 aliphatic carbocycles. The summed E-state index contributed by atoms with van der Waals surface area (Å²) in [5.41, 5.74) is 1.13. The molecule has 1 N–H and O–H groups in total. The number of benzene rings is 1. The van der Waals surface area contributed by atoms with E-state index in [1.807, 2.05) is 24.3 Å². The number of rotatable bonds is 10. The minimum absolute atomic E-state index is 0.148. The van der Waals surface area contributed by atoms with Gasteiger partial charge in [0.1, 0.15) is 5.75 Å². The lowest BCUT2D eigenvalue weighted by molar-refractivity contribution is -0.133. The Morgan fingerprint density at radius 2 is 1.95 bits per heavy atom. The van der Waals surface area contributed by atoms with Crippen LogP contribution in [0.25, 0.3) is 0 Å². The fourth-order valence-corrected chi connectivity index (χ4v) is 2.36. The molecule has 3 nitrogen and oxygen atoms in total. The molecule has 0 radical (unpaired) electrons. The van der Waals surface area contributed by atoms with E-state index < -0.39 is 5.97 Å². The Labute approximate surface area is 119 Å². The molecule has 0 aromatic heterocycles. The van der Waals surface area contributed by atoms with Gasteiger partial charge in [-0.25, -0.2) is 0 Å². The van der Waals surface area contributed by atoms with Gasteiger partial charge in [-0.05, 0) is 24.1 Å². The Balaban J connectivity index is 2.21. The summed E-state index contributed by atoms with van der Waals surface area (Å²) in [6.45, 7) is 2.97. The average molecular weight is 282 g/mol. The smallest absolute Gasteiger partial charge is 0.313 e. The summed E-state index contributed by atoms with van der Waals surface area (Å²) in [4.78, 5) is 10.4. The molecule has 1 aromatic rings. The first kappa shape index (κ1) is 15.9. The predicted octanol–water partition coefficient (Wildman–Crippen LogP) is 3.96. The maximum atomic E-state index is 10.4. The first-order chi connectivity index (χ1) is 9.22. The van der Waals surface area contributed by atoms with Crippen molar-refractivity contribution in [1.82, 2.24) is 0 Å². The number of carbonyl (C=O) groups is 1. The highest BCUT2D eigenvalue weighted by Crippen LogP contribution is 2.17. The van der Waals surface area contributed by atoms with Crippen molar-refractivity contribution < 1.29 is 14.6 Å². The van der Waals surface area contributed by atoms with Gasteiger partial charge < -0.3 is 9.84 Å². The van der Waals surface area contributed by atoms with E-state index in [1.54, 1.807) is 0 Å². The Morgan fingerprint density at radius 1 is 1.21 bits per heavy atom. The zero-order chi connectivity index (χ0) is 13.9. The molecule has 0 atom stereocenters. The molecule has 0 bridgehead atoms. The largest absolute Gasteiger partial charge is 0.494 e. The quantitative estimate of drug-likeness (QED) is 0.660. The summed E-state index contributed by atoms with van der Waals surface area (Å²) in [5, 5.41) is 8.55. The van der Waals surface area contributed by atoms with Crippen molar-refractivity contribution in [3.8, 4) is 5.75 Å². The van der Waals surface area contributed by atoms with Gasteiger partial charge in [0.05, 0.1) is 12.4 Å². The summed E-state index contributed by atoms with van der Waals surface area (Å²) >= 11 is 1.41. The van der Waals surface area contributed by atoms with Crippen molar-refractivity contribution in [2.24, 2.45) is 0 Å². The molecule has 4 heteroatoms. The molecule has 0 amide bonds. The van der Waals surface area contributed by atoms with Crippen LogP contribution in [0.2, 0.25) is 0 Å². The van der Waals surface area contributed by atoms with Gasteiger partial charge in [0, 0.05) is 5.75 Å². The number of unbranched alkanes of at least 4 members (excludes halogenated alkanes) is 3. The van der Waals surface area contributed by atoms with Crippen LogP contribution in [0.3, 0.4) is 0 Å². The summed E-state index contributed by atoms with van der Waals surface area (Å²) in [6, 6.07) is 7.90. The molecule has 19 heavy (non-hydrogen) atoms. The fraction of sp³-hybridized carbons (Fsp3) is 0.533. The molecule has 0 aliphatic heterocycles. The predicted molar refractivity (Wildman–Crippen MR) is 79.9 cm³/mol. The highest BCUT2D eigenvalue weighted by molar-refractivity contribution is 7.99. The zero-order valence-corrected chi connectivity index (χ0v) is 12.2. The highest BCUT2D eigenvalue weighted by Gasteiger charge is 1.99. The van der Waals surface area contributed by atoms with E-state index in [0.717, 1.165) is 30.1 Å². The van der Waals surface area contributed by atoms with Gasteiger partial charge in [-0.1, -0.05) is 38.3 Å². The molecule has 0 heterocycles. The third kappa shape index (κ3) is 7.78. The van der Waals surface area contributed by atoms with Crippen molar-refractivity contribution >= 4 is 17.7 Å². The number of aliphatic carboxylic acids is 1. The van der Waals surface area contributed by atoms with Gasteiger partial charge in [-0.2, -0.15) is 0 Å². The molecule has 106 valence electrons. The van der Waals surface area contributed by atoms with Crippen molar-refractivity contribution in [2.45, 2.75) is 38.4 Å². The number of thioether (sulfide) groups is 1. The lowest BCUT2D eigenvalue weighted by Gasteiger charge is -2.07. The lowest BCUT2D eigenvalue weighted by Crippen LogP contribution is -1.98. The Hall–Kier alpha value is -1.16. The first-order valence-electron chi connectivity index (χ1n) is 6.73. The van der Waals surface area contributed by atoms with Crippen LogP contribution in [0.1, 0.15) is 38.2 Å². The normalized spacial score (nSPS) is 10.4. The summed E-state index contributed by atoms with van der Waals surface area (Å²) in [7, 11) is 0. The van der Waals surface area contributed by atoms with Crippen LogP contribution in [0.15, 0.2) is 24.3 Å². The number of ether oxygens (including phenoxy) is 1. The van der Waals surface area contributed by atoms with E-state index in [1.165, 1.54) is 31.0 Å². The summed E-state index contributed by atoms with van der Waals surface area (Å²) in [6.07, 6.45) is 4.83. The molecular weight excluding hydrogens is 260 g/mol. The fourth-order valence-electron chi connectivity index (χ4n) is 1.66. The number of carboxylic acids is 1. The number of carboxylic acid groups (broad SMARTS) is 1. The van der Waals surface area contributed by atoms with Crippen molar-refractivity contribution in [2.75, 3.05) is 12.4 Å². The standard InChI is InChI=1S/C15H22O3S/c1-2-3-4-5-10-18-14-8-6-13(7-9-14)11-19-12-15(16)17/h6-9H,2-5,10-12H2,1H3,(H,16,17). The Bertz CT molecular complexity index is 362. The van der Waals surface area contributed by atoms with E-state index in [4.69, 9.17) is 9.84 Å². The molecule has 0 fully saturated rings. The van der Waals surface area contributed by atoms with Crippen LogP contribution < -0.4 is 4.74 Å². The van der Waals surface area contributed by atoms with E-state index in [9.17, 15) is 4.79 Å². The van der Waals surface area contributed by atoms with Gasteiger partial charge in [0.25, 0.3) is 0 Å². The van der Waals surface area contributed by atoms with E-state index in [2.05, 4.69) is 6.92 Å². The second-order valence-electron chi connectivity index (χ2n) is 4.44. The maximum absolute atomic E-state index is 10.4. The highest BCUT2D eigenvalue weighted by atomic mass is 32.2. The van der Waals surface area contributed by atoms with Crippen molar-refractivity contribution in [1.29, 1.82) is 0 Å².